The van der Waals surface area contributed by atoms with Crippen LogP contribution in [0, 0.1) is 0 Å². The lowest BCUT2D eigenvalue weighted by atomic mass is 10.2. The zero-order valence-corrected chi connectivity index (χ0v) is 13.5. The Morgan fingerprint density at radius 2 is 2.00 bits per heavy atom. The molecule has 2 amide bonds. The minimum atomic E-state index is -0.281. The van der Waals surface area contributed by atoms with Gasteiger partial charge in [-0.15, -0.1) is 11.3 Å². The second-order valence-corrected chi connectivity index (χ2v) is 5.52. The molecular weight excluding hydrogens is 316 g/mol. The van der Waals surface area contributed by atoms with Crippen molar-refractivity contribution in [2.75, 3.05) is 20.2 Å². The van der Waals surface area contributed by atoms with Gasteiger partial charge in [-0.25, -0.2) is 4.98 Å². The quantitative estimate of drug-likeness (QED) is 0.649. The summed E-state index contributed by atoms with van der Waals surface area (Å²) in [5, 5.41) is 7.79. The highest BCUT2D eigenvalue weighted by atomic mass is 32.1. The number of carbonyl (C=O) groups excluding carboxylic acids is 2. The van der Waals surface area contributed by atoms with Crippen molar-refractivity contribution < 1.29 is 14.3 Å². The van der Waals surface area contributed by atoms with Crippen LogP contribution in [0.15, 0.2) is 29.6 Å². The molecule has 23 heavy (non-hydrogen) atoms. The minimum Gasteiger partial charge on any atom is -0.497 e. The lowest BCUT2D eigenvalue weighted by molar-refractivity contribution is 0.0925. The van der Waals surface area contributed by atoms with Crippen LogP contribution in [0.2, 0.25) is 0 Å². The van der Waals surface area contributed by atoms with E-state index in [1.807, 2.05) is 0 Å². The predicted octanol–water partition coefficient (Wildman–Crippen LogP) is 0.770. The first-order valence-electron chi connectivity index (χ1n) is 6.99. The van der Waals surface area contributed by atoms with E-state index in [4.69, 9.17) is 10.5 Å². The number of carbonyl (C=O) groups is 2. The molecule has 2 aromatic rings. The van der Waals surface area contributed by atoms with Crippen LogP contribution in [0.3, 0.4) is 0 Å². The minimum absolute atomic E-state index is 0.225. The number of benzene rings is 1. The molecule has 0 bridgehead atoms. The second-order valence-electron chi connectivity index (χ2n) is 4.57. The van der Waals surface area contributed by atoms with Crippen LogP contribution < -0.4 is 21.1 Å². The number of rotatable bonds is 7. The van der Waals surface area contributed by atoms with E-state index in [-0.39, 0.29) is 11.8 Å². The molecule has 1 aromatic carbocycles. The highest BCUT2D eigenvalue weighted by Gasteiger charge is 2.10. The van der Waals surface area contributed by atoms with Crippen molar-refractivity contribution in [1.29, 1.82) is 0 Å². The predicted molar refractivity (Wildman–Crippen MR) is 87.7 cm³/mol. The largest absolute Gasteiger partial charge is 0.497 e. The van der Waals surface area contributed by atoms with Crippen LogP contribution in [0.5, 0.6) is 5.75 Å². The van der Waals surface area contributed by atoms with E-state index in [1.165, 1.54) is 11.3 Å². The Kier molecular flexibility index (Phi) is 6.07. The molecule has 8 heteroatoms. The van der Waals surface area contributed by atoms with E-state index < -0.39 is 0 Å². The van der Waals surface area contributed by atoms with Crippen LogP contribution in [0.1, 0.15) is 25.9 Å². The summed E-state index contributed by atoms with van der Waals surface area (Å²) in [5.74, 6) is 0.110. The maximum atomic E-state index is 12.0. The number of thiazole rings is 1. The summed E-state index contributed by atoms with van der Waals surface area (Å²) in [6, 6.07) is 6.85. The number of hydrogen-bond donors (Lipinski definition) is 3. The van der Waals surface area contributed by atoms with Crippen LogP contribution in [-0.4, -0.2) is 37.0 Å². The first-order chi connectivity index (χ1) is 11.1. The number of ether oxygens (including phenoxy) is 1. The SMILES string of the molecule is COc1cccc(C(=O)NCCNC(=O)c2csc(CN)n2)c1. The van der Waals surface area contributed by atoms with Crippen molar-refractivity contribution in [2.24, 2.45) is 5.73 Å². The van der Waals surface area contributed by atoms with Crippen molar-refractivity contribution >= 4 is 23.2 Å². The Hall–Kier alpha value is -2.45. The molecule has 0 saturated carbocycles. The van der Waals surface area contributed by atoms with Gasteiger partial charge in [-0.2, -0.15) is 0 Å². The van der Waals surface area contributed by atoms with Gasteiger partial charge in [0.2, 0.25) is 0 Å². The molecular formula is C15H18N4O3S. The van der Waals surface area contributed by atoms with Crippen molar-refractivity contribution in [2.45, 2.75) is 6.54 Å². The Bertz CT molecular complexity index is 687. The Morgan fingerprint density at radius 1 is 1.26 bits per heavy atom. The second kappa shape index (κ2) is 8.25. The van der Waals surface area contributed by atoms with E-state index >= 15 is 0 Å². The lowest BCUT2D eigenvalue weighted by Crippen LogP contribution is -2.34. The van der Waals surface area contributed by atoms with E-state index in [2.05, 4.69) is 15.6 Å². The van der Waals surface area contributed by atoms with Gasteiger partial charge in [0.05, 0.1) is 7.11 Å². The number of methoxy groups -OCH3 is 1. The molecule has 1 aromatic heterocycles. The zero-order valence-electron chi connectivity index (χ0n) is 12.7. The summed E-state index contributed by atoms with van der Waals surface area (Å²) in [5.41, 5.74) is 6.30. The topological polar surface area (TPSA) is 106 Å². The average Bonchev–Trinajstić information content (AvgIpc) is 3.07. The van der Waals surface area contributed by atoms with Gasteiger partial charge in [0.15, 0.2) is 0 Å². The number of hydrogen-bond acceptors (Lipinski definition) is 6. The first kappa shape index (κ1) is 16.9. The van der Waals surface area contributed by atoms with Crippen molar-refractivity contribution in [3.63, 3.8) is 0 Å². The third-order valence-corrected chi connectivity index (χ3v) is 3.86. The zero-order chi connectivity index (χ0) is 16.7. The third kappa shape index (κ3) is 4.76. The molecule has 0 fully saturated rings. The molecule has 0 saturated heterocycles. The molecule has 0 aliphatic carbocycles. The molecule has 4 N–H and O–H groups in total. The van der Waals surface area contributed by atoms with Crippen LogP contribution in [-0.2, 0) is 6.54 Å². The van der Waals surface area contributed by atoms with Crippen LogP contribution >= 0.6 is 11.3 Å². The number of nitrogens with one attached hydrogen (secondary N) is 2. The maximum absolute atomic E-state index is 12.0. The van der Waals surface area contributed by atoms with Gasteiger partial charge in [0.25, 0.3) is 11.8 Å². The molecule has 0 radical (unpaired) electrons. The van der Waals surface area contributed by atoms with E-state index in [1.54, 1.807) is 36.8 Å². The lowest BCUT2D eigenvalue weighted by Gasteiger charge is -2.07. The average molecular weight is 334 g/mol. The number of aromatic nitrogens is 1. The normalized spacial score (nSPS) is 10.2. The van der Waals surface area contributed by atoms with Crippen LogP contribution in [0.25, 0.3) is 0 Å². The van der Waals surface area contributed by atoms with Gasteiger partial charge in [-0.05, 0) is 18.2 Å². The third-order valence-electron chi connectivity index (χ3n) is 2.99. The molecule has 7 nitrogen and oxygen atoms in total. The summed E-state index contributed by atoms with van der Waals surface area (Å²) in [7, 11) is 1.54. The fourth-order valence-corrected chi connectivity index (χ4v) is 2.47. The number of amides is 2. The molecule has 0 aliphatic rings. The number of nitrogens with two attached hydrogens (primary N) is 1. The number of nitrogens with zero attached hydrogens (tertiary/aromatic N) is 1. The summed E-state index contributed by atoms with van der Waals surface area (Å²) in [4.78, 5) is 27.9. The smallest absolute Gasteiger partial charge is 0.270 e. The van der Waals surface area contributed by atoms with Crippen molar-refractivity contribution in [3.8, 4) is 5.75 Å². The highest BCUT2D eigenvalue weighted by molar-refractivity contribution is 7.09. The summed E-state index contributed by atoms with van der Waals surface area (Å²) < 4.78 is 5.07. The molecule has 0 atom stereocenters. The van der Waals surface area contributed by atoms with Crippen molar-refractivity contribution in [1.82, 2.24) is 15.6 Å². The molecule has 0 unspecified atom stereocenters. The fraction of sp³-hybridized carbons (Fsp3) is 0.267. The van der Waals surface area contributed by atoms with Gasteiger partial charge in [0.1, 0.15) is 16.5 Å². The standard InChI is InChI=1S/C15H18N4O3S/c1-22-11-4-2-3-10(7-11)14(20)17-5-6-18-15(21)12-9-23-13(8-16)19-12/h2-4,7,9H,5-6,8,16H2,1H3,(H,17,20)(H,18,21). The van der Waals surface area contributed by atoms with E-state index in [0.717, 1.165) is 0 Å². The van der Waals surface area contributed by atoms with Gasteiger partial charge in [-0.1, -0.05) is 6.07 Å². The molecule has 0 aliphatic heterocycles. The summed E-state index contributed by atoms with van der Waals surface area (Å²) in [6.07, 6.45) is 0. The molecule has 0 spiro atoms. The Balaban J connectivity index is 1.76. The Morgan fingerprint density at radius 3 is 2.65 bits per heavy atom. The summed E-state index contributed by atoms with van der Waals surface area (Å²) >= 11 is 1.34. The van der Waals surface area contributed by atoms with Gasteiger partial charge >= 0.3 is 0 Å². The van der Waals surface area contributed by atoms with E-state index in [9.17, 15) is 9.59 Å². The van der Waals surface area contributed by atoms with Gasteiger partial charge < -0.3 is 21.1 Å². The Labute approximate surface area is 137 Å². The highest BCUT2D eigenvalue weighted by Crippen LogP contribution is 2.12. The summed E-state index contributed by atoms with van der Waals surface area (Å²) in [6.45, 7) is 0.939. The van der Waals surface area contributed by atoms with E-state index in [0.29, 0.717) is 41.6 Å². The van der Waals surface area contributed by atoms with Crippen LogP contribution in [0.4, 0.5) is 0 Å². The van der Waals surface area contributed by atoms with Crippen molar-refractivity contribution in [3.05, 3.63) is 45.9 Å². The molecule has 122 valence electrons. The maximum Gasteiger partial charge on any atom is 0.270 e. The fourth-order valence-electron chi connectivity index (χ4n) is 1.82. The molecule has 2 rings (SSSR count). The molecule has 1 heterocycles. The van der Waals surface area contributed by atoms with Gasteiger partial charge in [0, 0.05) is 30.6 Å². The van der Waals surface area contributed by atoms with Gasteiger partial charge in [-0.3, -0.25) is 9.59 Å². The monoisotopic (exact) mass is 334 g/mol. The first-order valence-corrected chi connectivity index (χ1v) is 7.87.